The highest BCUT2D eigenvalue weighted by Gasteiger charge is 2.19. The molecule has 0 bridgehead atoms. The SMILES string of the molecule is CCCCCCCC/C=C\CCCCCCCCCCCC(=O)OC(COC(=O)CCCCCCCCC/C=C\CCCCCCCC)COC(=O)CCCCCCCCCCCCCCCCC/C=C\CCCCCCCCCC. The molecule has 6 nitrogen and oxygen atoms in total. The van der Waals surface area contributed by atoms with Crippen molar-refractivity contribution in [3.63, 3.8) is 0 Å². The number of hydrogen-bond acceptors (Lipinski definition) is 6. The van der Waals surface area contributed by atoms with Crippen LogP contribution in [-0.2, 0) is 28.6 Å². The molecule has 0 N–H and O–H groups in total. The van der Waals surface area contributed by atoms with Gasteiger partial charge in [-0.05, 0) is 96.3 Å². The molecule has 0 heterocycles. The Morgan fingerprint density at radius 2 is 0.407 bits per heavy atom. The minimum atomic E-state index is -0.775. The number of rotatable bonds is 68. The molecule has 1 atom stereocenters. The minimum Gasteiger partial charge on any atom is -0.462 e. The average Bonchev–Trinajstić information content (AvgIpc) is 3.47. The van der Waals surface area contributed by atoms with E-state index in [1.807, 2.05) is 0 Å². The van der Waals surface area contributed by atoms with Crippen molar-refractivity contribution in [1.82, 2.24) is 0 Å². The molecule has 0 radical (unpaired) electrons. The normalized spacial score (nSPS) is 12.2. The predicted octanol–water partition coefficient (Wildman–Crippen LogP) is 25.1. The summed E-state index contributed by atoms with van der Waals surface area (Å²) in [7, 11) is 0. The van der Waals surface area contributed by atoms with Crippen molar-refractivity contribution in [2.45, 2.75) is 412 Å². The molecule has 0 spiro atoms. The molecule has 0 aromatic heterocycles. The maximum atomic E-state index is 13.0. The zero-order chi connectivity index (χ0) is 58.5. The highest BCUT2D eigenvalue weighted by atomic mass is 16.6. The molecule has 0 fully saturated rings. The zero-order valence-electron chi connectivity index (χ0n) is 54.8. The van der Waals surface area contributed by atoms with Gasteiger partial charge in [-0.1, -0.05) is 327 Å². The standard InChI is InChI=1S/C75H140O6/c1-4-7-10-13-16-19-22-25-28-31-33-34-35-36-37-38-39-40-42-44-47-50-53-56-59-62-65-68-74(77)80-71-72(70-79-73(76)67-64-61-58-55-52-49-46-43-30-27-24-21-18-15-12-9-6-3)81-75(78)69-66-63-60-57-54-51-48-45-41-32-29-26-23-20-17-14-11-8-5-2/h26-27,29-31,33,72H,4-25,28,32,34-71H2,1-3H3/b29-26-,30-27-,33-31-. The van der Waals surface area contributed by atoms with Crippen LogP contribution in [0.4, 0.5) is 0 Å². The topological polar surface area (TPSA) is 78.9 Å². The van der Waals surface area contributed by atoms with Crippen LogP contribution >= 0.6 is 0 Å². The van der Waals surface area contributed by atoms with Crippen molar-refractivity contribution in [3.05, 3.63) is 36.5 Å². The van der Waals surface area contributed by atoms with Crippen LogP contribution in [0.2, 0.25) is 0 Å². The summed E-state index contributed by atoms with van der Waals surface area (Å²) in [6.45, 7) is 6.70. The van der Waals surface area contributed by atoms with Crippen molar-refractivity contribution < 1.29 is 28.6 Å². The molecule has 0 aromatic carbocycles. The van der Waals surface area contributed by atoms with Gasteiger partial charge in [-0.2, -0.15) is 0 Å². The molecular weight excluding hydrogens is 997 g/mol. The molecule has 0 aromatic rings. The third-order valence-electron chi connectivity index (χ3n) is 16.6. The molecule has 6 heteroatoms. The average molecular weight is 1140 g/mol. The minimum absolute atomic E-state index is 0.0699. The molecule has 0 aliphatic carbocycles. The van der Waals surface area contributed by atoms with E-state index >= 15 is 0 Å². The van der Waals surface area contributed by atoms with Crippen molar-refractivity contribution in [1.29, 1.82) is 0 Å². The van der Waals surface area contributed by atoms with Gasteiger partial charge in [-0.3, -0.25) is 14.4 Å². The second-order valence-corrected chi connectivity index (χ2v) is 24.8. The highest BCUT2D eigenvalue weighted by Crippen LogP contribution is 2.18. The Kier molecular flexibility index (Phi) is 68.1. The third kappa shape index (κ3) is 68.3. The van der Waals surface area contributed by atoms with Gasteiger partial charge in [-0.15, -0.1) is 0 Å². The van der Waals surface area contributed by atoms with Crippen LogP contribution in [-0.4, -0.2) is 37.2 Å². The Balaban J connectivity index is 4.26. The number of carbonyl (C=O) groups is 3. The molecular formula is C75H140O6. The van der Waals surface area contributed by atoms with Crippen molar-refractivity contribution in [2.24, 2.45) is 0 Å². The van der Waals surface area contributed by atoms with Gasteiger partial charge in [0.2, 0.25) is 0 Å². The summed E-state index contributed by atoms with van der Waals surface area (Å²) < 4.78 is 17.0. The van der Waals surface area contributed by atoms with Crippen LogP contribution in [0.25, 0.3) is 0 Å². The number of ether oxygens (including phenoxy) is 3. The van der Waals surface area contributed by atoms with Gasteiger partial charge in [-0.25, -0.2) is 0 Å². The van der Waals surface area contributed by atoms with Crippen LogP contribution in [0.1, 0.15) is 406 Å². The lowest BCUT2D eigenvalue weighted by Crippen LogP contribution is -2.30. The molecule has 0 saturated carbocycles. The smallest absolute Gasteiger partial charge is 0.306 e. The predicted molar refractivity (Wildman–Crippen MR) is 353 cm³/mol. The summed E-state index contributed by atoms with van der Waals surface area (Å²) in [5.41, 5.74) is 0. The van der Waals surface area contributed by atoms with Gasteiger partial charge in [0.25, 0.3) is 0 Å². The van der Waals surface area contributed by atoms with E-state index in [1.165, 1.54) is 308 Å². The Morgan fingerprint density at radius 3 is 0.617 bits per heavy atom. The van der Waals surface area contributed by atoms with Crippen LogP contribution in [0.15, 0.2) is 36.5 Å². The largest absolute Gasteiger partial charge is 0.462 e. The van der Waals surface area contributed by atoms with Crippen molar-refractivity contribution in [2.75, 3.05) is 13.2 Å². The molecule has 0 rings (SSSR count). The van der Waals surface area contributed by atoms with Crippen molar-refractivity contribution in [3.8, 4) is 0 Å². The molecule has 0 aliphatic rings. The number of esters is 3. The summed E-state index contributed by atoms with van der Waals surface area (Å²) in [4.78, 5) is 38.5. The van der Waals surface area contributed by atoms with E-state index in [4.69, 9.17) is 14.2 Å². The summed E-state index contributed by atoms with van der Waals surface area (Å²) in [6, 6.07) is 0. The molecule has 81 heavy (non-hydrogen) atoms. The molecule has 0 saturated heterocycles. The Bertz CT molecular complexity index is 1350. The number of allylic oxidation sites excluding steroid dienone is 6. The second-order valence-electron chi connectivity index (χ2n) is 24.8. The maximum Gasteiger partial charge on any atom is 0.306 e. The quantitative estimate of drug-likeness (QED) is 0.0261. The van der Waals surface area contributed by atoms with Gasteiger partial charge in [0.15, 0.2) is 6.10 Å². The molecule has 0 aliphatic heterocycles. The summed E-state index contributed by atoms with van der Waals surface area (Å²) in [5.74, 6) is -0.847. The first kappa shape index (κ1) is 78.6. The Labute approximate surface area is 506 Å². The fourth-order valence-corrected chi connectivity index (χ4v) is 11.1. The lowest BCUT2D eigenvalue weighted by molar-refractivity contribution is -0.167. The van der Waals surface area contributed by atoms with Gasteiger partial charge in [0.1, 0.15) is 13.2 Å². The first-order valence-corrected chi connectivity index (χ1v) is 36.5. The first-order chi connectivity index (χ1) is 40.0. The monoisotopic (exact) mass is 1140 g/mol. The van der Waals surface area contributed by atoms with Crippen LogP contribution in [0, 0.1) is 0 Å². The lowest BCUT2D eigenvalue weighted by atomic mass is 10.0. The second kappa shape index (κ2) is 70.1. The van der Waals surface area contributed by atoms with Gasteiger partial charge in [0.05, 0.1) is 0 Å². The number of unbranched alkanes of at least 4 members (excludes halogenated alkanes) is 51. The third-order valence-corrected chi connectivity index (χ3v) is 16.6. The number of carbonyl (C=O) groups excluding carboxylic acids is 3. The molecule has 476 valence electrons. The van der Waals surface area contributed by atoms with E-state index in [1.54, 1.807) is 0 Å². The molecule has 1 unspecified atom stereocenters. The van der Waals surface area contributed by atoms with E-state index in [-0.39, 0.29) is 31.1 Å². The van der Waals surface area contributed by atoms with Crippen molar-refractivity contribution >= 4 is 17.9 Å². The highest BCUT2D eigenvalue weighted by molar-refractivity contribution is 5.71. The van der Waals surface area contributed by atoms with Crippen LogP contribution in [0.5, 0.6) is 0 Å². The van der Waals surface area contributed by atoms with Crippen LogP contribution in [0.3, 0.4) is 0 Å². The number of hydrogen-bond donors (Lipinski definition) is 0. The first-order valence-electron chi connectivity index (χ1n) is 36.5. The van der Waals surface area contributed by atoms with Gasteiger partial charge < -0.3 is 14.2 Å². The maximum absolute atomic E-state index is 13.0. The Morgan fingerprint density at radius 1 is 0.235 bits per heavy atom. The molecule has 0 amide bonds. The Hall–Kier alpha value is -2.37. The van der Waals surface area contributed by atoms with Gasteiger partial charge in [0, 0.05) is 19.3 Å². The fraction of sp³-hybridized carbons (Fsp3) is 0.880. The van der Waals surface area contributed by atoms with E-state index in [0.29, 0.717) is 19.3 Å². The fourth-order valence-electron chi connectivity index (χ4n) is 11.1. The van der Waals surface area contributed by atoms with Gasteiger partial charge >= 0.3 is 17.9 Å². The lowest BCUT2D eigenvalue weighted by Gasteiger charge is -2.18. The van der Waals surface area contributed by atoms with E-state index in [9.17, 15) is 14.4 Å². The summed E-state index contributed by atoms with van der Waals surface area (Å²) in [6.07, 6.45) is 87.5. The summed E-state index contributed by atoms with van der Waals surface area (Å²) in [5, 5.41) is 0. The van der Waals surface area contributed by atoms with E-state index in [2.05, 4.69) is 57.2 Å². The van der Waals surface area contributed by atoms with E-state index in [0.717, 1.165) is 57.8 Å². The van der Waals surface area contributed by atoms with Crippen LogP contribution < -0.4 is 0 Å². The summed E-state index contributed by atoms with van der Waals surface area (Å²) >= 11 is 0. The zero-order valence-corrected chi connectivity index (χ0v) is 54.8. The van der Waals surface area contributed by atoms with E-state index < -0.39 is 6.10 Å².